The lowest BCUT2D eigenvalue weighted by atomic mass is 9.99. The highest BCUT2D eigenvalue weighted by molar-refractivity contribution is 5.76. The summed E-state index contributed by atoms with van der Waals surface area (Å²) in [5, 5.41) is 53.8. The minimum absolute atomic E-state index is 0.148. The standard InChI is InChI=1S/C46H79NO8/c1-3-5-7-9-10-11-12-13-14-15-16-17-18-19-20-21-22-23-24-25-26-27-28-29-30-32-34-36-42(50)47-39(40(49)35-33-31-8-6-4-2)38-54-46-45(53)44(52)43(51)41(37-48)55-46/h5,7,10-11,13-14,16-17,19-20,22-23,39-41,43-46,48-49,51-53H,3-4,6,8-9,12,15,18,21,24-38H2,1-2H3,(H,47,50)/b7-5-,11-10-,14-13-,17-16-,20-19-,23-22-. The molecular formula is C46H79NO8. The van der Waals surface area contributed by atoms with E-state index in [0.717, 1.165) is 103 Å². The van der Waals surface area contributed by atoms with Gasteiger partial charge in [0, 0.05) is 6.42 Å². The minimum Gasteiger partial charge on any atom is -0.394 e. The zero-order valence-electron chi connectivity index (χ0n) is 34.4. The van der Waals surface area contributed by atoms with Crippen LogP contribution >= 0.6 is 0 Å². The summed E-state index contributed by atoms with van der Waals surface area (Å²) >= 11 is 0. The molecule has 0 saturated carbocycles. The van der Waals surface area contributed by atoms with Gasteiger partial charge in [0.05, 0.1) is 25.4 Å². The molecule has 1 amide bonds. The number of aliphatic hydroxyl groups is 5. The summed E-state index contributed by atoms with van der Waals surface area (Å²) < 4.78 is 11.1. The fraction of sp³-hybridized carbons (Fsp3) is 0.717. The maximum atomic E-state index is 12.8. The molecule has 0 aromatic heterocycles. The Balaban J connectivity index is 2.17. The van der Waals surface area contributed by atoms with E-state index in [9.17, 15) is 30.3 Å². The van der Waals surface area contributed by atoms with Crippen molar-refractivity contribution in [2.75, 3.05) is 13.2 Å². The Bertz CT molecular complexity index is 1080. The van der Waals surface area contributed by atoms with Gasteiger partial charge >= 0.3 is 0 Å². The van der Waals surface area contributed by atoms with Gasteiger partial charge < -0.3 is 40.3 Å². The Hall–Kier alpha value is -2.37. The van der Waals surface area contributed by atoms with Crippen LogP contribution in [0.4, 0.5) is 0 Å². The third-order valence-corrected chi connectivity index (χ3v) is 9.82. The van der Waals surface area contributed by atoms with Crippen LogP contribution in [0.1, 0.15) is 155 Å². The van der Waals surface area contributed by atoms with Gasteiger partial charge in [-0.2, -0.15) is 0 Å². The molecule has 0 aromatic rings. The van der Waals surface area contributed by atoms with E-state index in [-0.39, 0.29) is 12.5 Å². The van der Waals surface area contributed by atoms with E-state index in [0.29, 0.717) is 12.8 Å². The molecule has 9 heteroatoms. The van der Waals surface area contributed by atoms with Gasteiger partial charge in [-0.1, -0.05) is 157 Å². The maximum Gasteiger partial charge on any atom is 0.220 e. The van der Waals surface area contributed by atoms with Gasteiger partial charge in [-0.15, -0.1) is 0 Å². The lowest BCUT2D eigenvalue weighted by molar-refractivity contribution is -0.302. The lowest BCUT2D eigenvalue weighted by Gasteiger charge is -2.40. The van der Waals surface area contributed by atoms with Crippen molar-refractivity contribution in [3.8, 4) is 0 Å². The van der Waals surface area contributed by atoms with Crippen LogP contribution in [0.25, 0.3) is 0 Å². The first-order chi connectivity index (χ1) is 26.8. The number of allylic oxidation sites excluding steroid dienone is 12. The molecule has 1 heterocycles. The third-order valence-electron chi connectivity index (χ3n) is 9.82. The van der Waals surface area contributed by atoms with Crippen molar-refractivity contribution in [2.45, 2.75) is 198 Å². The van der Waals surface area contributed by atoms with Crippen LogP contribution in [0.3, 0.4) is 0 Å². The molecule has 0 radical (unpaired) electrons. The van der Waals surface area contributed by atoms with Crippen LogP contribution in [0.15, 0.2) is 72.9 Å². The molecule has 1 saturated heterocycles. The highest BCUT2D eigenvalue weighted by Crippen LogP contribution is 2.23. The molecule has 1 aliphatic heterocycles. The minimum atomic E-state index is -1.55. The molecule has 7 unspecified atom stereocenters. The largest absolute Gasteiger partial charge is 0.394 e. The lowest BCUT2D eigenvalue weighted by Crippen LogP contribution is -2.60. The maximum absolute atomic E-state index is 12.8. The fourth-order valence-corrected chi connectivity index (χ4v) is 6.34. The van der Waals surface area contributed by atoms with Crippen LogP contribution in [0, 0.1) is 0 Å². The molecule has 9 nitrogen and oxygen atoms in total. The summed E-state index contributed by atoms with van der Waals surface area (Å²) in [6.45, 7) is 3.59. The van der Waals surface area contributed by atoms with Crippen LogP contribution in [-0.2, 0) is 14.3 Å². The second kappa shape index (κ2) is 36.0. The average Bonchev–Trinajstić information content (AvgIpc) is 3.18. The molecule has 1 aliphatic rings. The first kappa shape index (κ1) is 50.6. The van der Waals surface area contributed by atoms with Crippen molar-refractivity contribution < 1.29 is 39.8 Å². The predicted molar refractivity (Wildman–Crippen MR) is 225 cm³/mol. The Morgan fingerprint density at radius 1 is 0.636 bits per heavy atom. The number of ether oxygens (including phenoxy) is 2. The van der Waals surface area contributed by atoms with Gasteiger partial charge in [0.2, 0.25) is 5.91 Å². The summed E-state index contributed by atoms with van der Waals surface area (Å²) in [6, 6.07) is -0.723. The van der Waals surface area contributed by atoms with Crippen LogP contribution < -0.4 is 5.32 Å². The monoisotopic (exact) mass is 774 g/mol. The number of aliphatic hydroxyl groups excluding tert-OH is 5. The van der Waals surface area contributed by atoms with Gasteiger partial charge in [0.25, 0.3) is 0 Å². The zero-order valence-corrected chi connectivity index (χ0v) is 34.4. The van der Waals surface area contributed by atoms with Gasteiger partial charge in [-0.3, -0.25) is 4.79 Å². The molecule has 0 bridgehead atoms. The van der Waals surface area contributed by atoms with E-state index >= 15 is 0 Å². The smallest absolute Gasteiger partial charge is 0.220 e. The quantitative estimate of drug-likeness (QED) is 0.0281. The van der Waals surface area contributed by atoms with Gasteiger partial charge in [0.15, 0.2) is 6.29 Å². The van der Waals surface area contributed by atoms with Crippen LogP contribution in [-0.4, -0.2) is 87.5 Å². The van der Waals surface area contributed by atoms with Crippen molar-refractivity contribution in [1.82, 2.24) is 5.32 Å². The molecule has 1 rings (SSSR count). The van der Waals surface area contributed by atoms with E-state index in [1.165, 1.54) is 25.7 Å². The molecule has 0 aliphatic carbocycles. The number of rotatable bonds is 34. The summed E-state index contributed by atoms with van der Waals surface area (Å²) in [5.41, 5.74) is 0. The molecule has 7 atom stereocenters. The van der Waals surface area contributed by atoms with Crippen molar-refractivity contribution in [3.05, 3.63) is 72.9 Å². The van der Waals surface area contributed by atoms with Crippen molar-refractivity contribution in [3.63, 3.8) is 0 Å². The topological polar surface area (TPSA) is 149 Å². The van der Waals surface area contributed by atoms with Gasteiger partial charge in [-0.05, 0) is 64.2 Å². The summed E-state index contributed by atoms with van der Waals surface area (Å²) in [4.78, 5) is 12.8. The van der Waals surface area contributed by atoms with Gasteiger partial charge in [0.1, 0.15) is 24.4 Å². The first-order valence-corrected chi connectivity index (χ1v) is 21.6. The first-order valence-electron chi connectivity index (χ1n) is 21.6. The highest BCUT2D eigenvalue weighted by Gasteiger charge is 2.44. The Kier molecular flexibility index (Phi) is 33.2. The molecule has 55 heavy (non-hydrogen) atoms. The van der Waals surface area contributed by atoms with Crippen LogP contribution in [0.2, 0.25) is 0 Å². The number of amides is 1. The van der Waals surface area contributed by atoms with E-state index in [1.807, 2.05) is 0 Å². The van der Waals surface area contributed by atoms with E-state index in [2.05, 4.69) is 92.1 Å². The molecular weight excluding hydrogens is 695 g/mol. The zero-order chi connectivity index (χ0) is 40.2. The summed E-state index contributed by atoms with van der Waals surface area (Å²) in [6.07, 6.45) is 41.0. The van der Waals surface area contributed by atoms with E-state index in [4.69, 9.17) is 9.47 Å². The molecule has 6 N–H and O–H groups in total. The number of hydrogen-bond donors (Lipinski definition) is 6. The number of carbonyl (C=O) groups is 1. The van der Waals surface area contributed by atoms with Crippen molar-refractivity contribution in [2.24, 2.45) is 0 Å². The molecule has 0 aromatic carbocycles. The highest BCUT2D eigenvalue weighted by atomic mass is 16.7. The summed E-state index contributed by atoms with van der Waals surface area (Å²) in [5.74, 6) is -0.165. The molecule has 0 spiro atoms. The number of carbonyl (C=O) groups excluding carboxylic acids is 1. The number of unbranched alkanes of at least 4 members (excludes halogenated alkanes) is 12. The Labute approximate surface area is 334 Å². The molecule has 316 valence electrons. The fourth-order valence-electron chi connectivity index (χ4n) is 6.34. The number of hydrogen-bond acceptors (Lipinski definition) is 8. The SMILES string of the molecule is CC/C=C\C/C=C\C/C=C\C/C=C\C/C=C\C/C=C\CCCCCCCCCCC(=O)NC(COC1OC(CO)C(O)C(O)C1O)C(O)CCCCCCC. The second-order valence-electron chi connectivity index (χ2n) is 14.8. The van der Waals surface area contributed by atoms with Crippen LogP contribution in [0.5, 0.6) is 0 Å². The third kappa shape index (κ3) is 27.0. The second-order valence-corrected chi connectivity index (χ2v) is 14.8. The predicted octanol–water partition coefficient (Wildman–Crippen LogP) is 8.61. The Morgan fingerprint density at radius 3 is 1.67 bits per heavy atom. The van der Waals surface area contributed by atoms with E-state index < -0.39 is 49.5 Å². The normalized spacial score (nSPS) is 22.1. The average molecular weight is 774 g/mol. The number of nitrogens with one attached hydrogen (secondary N) is 1. The Morgan fingerprint density at radius 2 is 1.13 bits per heavy atom. The van der Waals surface area contributed by atoms with Gasteiger partial charge in [-0.25, -0.2) is 0 Å². The molecule has 1 fully saturated rings. The van der Waals surface area contributed by atoms with Crippen molar-refractivity contribution in [1.29, 1.82) is 0 Å². The van der Waals surface area contributed by atoms with Crippen molar-refractivity contribution >= 4 is 5.91 Å². The van der Waals surface area contributed by atoms with E-state index in [1.54, 1.807) is 0 Å². The summed E-state index contributed by atoms with van der Waals surface area (Å²) in [7, 11) is 0.